The maximum absolute atomic E-state index is 13.0. The van der Waals surface area contributed by atoms with E-state index in [9.17, 15) is 9.59 Å². The highest BCUT2D eigenvalue weighted by Gasteiger charge is 2.16. The van der Waals surface area contributed by atoms with Gasteiger partial charge in [-0.15, -0.1) is 0 Å². The Morgan fingerprint density at radius 3 is 2.73 bits per heavy atom. The second-order valence-electron chi connectivity index (χ2n) is 6.88. The van der Waals surface area contributed by atoms with Crippen LogP contribution in [0, 0.1) is 0 Å². The highest BCUT2D eigenvalue weighted by Crippen LogP contribution is 2.23. The van der Waals surface area contributed by atoms with Gasteiger partial charge in [-0.25, -0.2) is 4.98 Å². The van der Waals surface area contributed by atoms with Crippen molar-refractivity contribution in [2.45, 2.75) is 25.0 Å². The Morgan fingerprint density at radius 1 is 1.13 bits per heavy atom. The fourth-order valence-electron chi connectivity index (χ4n) is 3.43. The molecule has 0 aliphatic heterocycles. The number of para-hydroxylation sites is 2. The number of H-pyrrole nitrogens is 1. The third-order valence-corrected chi connectivity index (χ3v) is 5.90. The lowest BCUT2D eigenvalue weighted by molar-refractivity contribution is 0.102. The van der Waals surface area contributed by atoms with Gasteiger partial charge in [0.25, 0.3) is 5.56 Å². The van der Waals surface area contributed by atoms with Crippen molar-refractivity contribution in [1.82, 2.24) is 14.5 Å². The summed E-state index contributed by atoms with van der Waals surface area (Å²) in [6.07, 6.45) is 2.45. The summed E-state index contributed by atoms with van der Waals surface area (Å²) in [6, 6.07) is 15.0. The molecular formula is C23H23N3O3S. The van der Waals surface area contributed by atoms with Crippen LogP contribution in [0.5, 0.6) is 0 Å². The van der Waals surface area contributed by atoms with Crippen molar-refractivity contribution in [2.75, 3.05) is 19.0 Å². The van der Waals surface area contributed by atoms with E-state index in [1.807, 2.05) is 49.4 Å². The van der Waals surface area contributed by atoms with Gasteiger partial charge in [-0.3, -0.25) is 14.2 Å². The number of aromatic amines is 1. The van der Waals surface area contributed by atoms with Gasteiger partial charge < -0.3 is 9.72 Å². The van der Waals surface area contributed by atoms with Crippen molar-refractivity contribution >= 4 is 39.4 Å². The molecule has 7 heteroatoms. The number of ether oxygens (including phenoxy) is 1. The third-order valence-electron chi connectivity index (χ3n) is 4.92. The second kappa shape index (κ2) is 9.28. The molecule has 0 saturated carbocycles. The Hall–Kier alpha value is -2.90. The Bertz CT molecular complexity index is 1250. The van der Waals surface area contributed by atoms with E-state index in [1.165, 1.54) is 11.8 Å². The highest BCUT2D eigenvalue weighted by molar-refractivity contribution is 7.99. The van der Waals surface area contributed by atoms with Gasteiger partial charge >= 0.3 is 0 Å². The minimum atomic E-state index is -0.0841. The number of fused-ring (bicyclic) bond motifs is 2. The van der Waals surface area contributed by atoms with Crippen molar-refractivity contribution in [2.24, 2.45) is 0 Å². The summed E-state index contributed by atoms with van der Waals surface area (Å²) in [5, 5.41) is 2.05. The molecule has 0 bridgehead atoms. The monoisotopic (exact) mass is 421 g/mol. The SMILES string of the molecule is CCOCCCn1c(SCC(=O)c2c[nH]c3ccccc23)nc2ccccc2c1=O. The number of benzene rings is 2. The van der Waals surface area contributed by atoms with E-state index < -0.39 is 0 Å². The molecule has 6 nitrogen and oxygen atoms in total. The number of nitrogens with zero attached hydrogens (tertiary/aromatic N) is 2. The number of carbonyl (C=O) groups excluding carboxylic acids is 1. The van der Waals surface area contributed by atoms with Gasteiger partial charge in [0.1, 0.15) is 0 Å². The van der Waals surface area contributed by atoms with Crippen LogP contribution < -0.4 is 5.56 Å². The molecular weight excluding hydrogens is 398 g/mol. The lowest BCUT2D eigenvalue weighted by Crippen LogP contribution is -2.24. The van der Waals surface area contributed by atoms with Crippen LogP contribution in [0.4, 0.5) is 0 Å². The molecule has 0 fully saturated rings. The van der Waals surface area contributed by atoms with Gasteiger partial charge in [0, 0.05) is 42.4 Å². The molecule has 0 spiro atoms. The van der Waals surface area contributed by atoms with Crippen LogP contribution >= 0.6 is 11.8 Å². The number of carbonyl (C=O) groups is 1. The Morgan fingerprint density at radius 2 is 1.90 bits per heavy atom. The van der Waals surface area contributed by atoms with Crippen LogP contribution in [0.3, 0.4) is 0 Å². The first-order chi connectivity index (χ1) is 14.7. The molecule has 0 unspecified atom stereocenters. The topological polar surface area (TPSA) is 77.0 Å². The molecule has 2 aromatic heterocycles. The van der Waals surface area contributed by atoms with Crippen molar-refractivity contribution < 1.29 is 9.53 Å². The number of aromatic nitrogens is 3. The molecule has 4 rings (SSSR count). The molecule has 4 aromatic rings. The molecule has 0 aliphatic carbocycles. The summed E-state index contributed by atoms with van der Waals surface area (Å²) in [5.74, 6) is 0.207. The van der Waals surface area contributed by atoms with E-state index in [0.29, 0.717) is 47.8 Å². The smallest absolute Gasteiger partial charge is 0.262 e. The van der Waals surface area contributed by atoms with Gasteiger partial charge in [0.15, 0.2) is 10.9 Å². The standard InChI is InChI=1S/C23H23N3O3S/c1-2-29-13-7-12-26-22(28)17-9-4-6-11-20(17)25-23(26)30-15-21(27)18-14-24-19-10-5-3-8-16(18)19/h3-6,8-11,14,24H,2,7,12-13,15H2,1H3. The van der Waals surface area contributed by atoms with E-state index in [0.717, 1.165) is 10.9 Å². The zero-order valence-corrected chi connectivity index (χ0v) is 17.6. The summed E-state index contributed by atoms with van der Waals surface area (Å²) in [5.41, 5.74) is 2.15. The minimum absolute atomic E-state index is 0.000670. The van der Waals surface area contributed by atoms with Crippen molar-refractivity contribution in [1.29, 1.82) is 0 Å². The molecule has 1 N–H and O–H groups in total. The zero-order chi connectivity index (χ0) is 20.9. The average molecular weight is 422 g/mol. The van der Waals surface area contributed by atoms with Gasteiger partial charge in [-0.1, -0.05) is 42.1 Å². The maximum atomic E-state index is 13.0. The Labute approximate surface area is 178 Å². The number of thioether (sulfide) groups is 1. The van der Waals surface area contributed by atoms with E-state index in [4.69, 9.17) is 4.74 Å². The fraction of sp³-hybridized carbons (Fsp3) is 0.261. The number of ketones is 1. The highest BCUT2D eigenvalue weighted by atomic mass is 32.2. The third kappa shape index (κ3) is 4.17. The first kappa shape index (κ1) is 20.4. The predicted molar refractivity (Wildman–Crippen MR) is 120 cm³/mol. The van der Waals surface area contributed by atoms with Crippen LogP contribution in [0.1, 0.15) is 23.7 Å². The van der Waals surface area contributed by atoms with E-state index in [2.05, 4.69) is 9.97 Å². The number of rotatable bonds is 9. The van der Waals surface area contributed by atoms with Crippen molar-refractivity contribution in [3.63, 3.8) is 0 Å². The zero-order valence-electron chi connectivity index (χ0n) is 16.8. The van der Waals surface area contributed by atoms with Gasteiger partial charge in [-0.2, -0.15) is 0 Å². The average Bonchev–Trinajstić information content (AvgIpc) is 3.21. The summed E-state index contributed by atoms with van der Waals surface area (Å²) in [6.45, 7) is 3.67. The van der Waals surface area contributed by atoms with Crippen LogP contribution in [0.25, 0.3) is 21.8 Å². The van der Waals surface area contributed by atoms with E-state index >= 15 is 0 Å². The van der Waals surface area contributed by atoms with Crippen LogP contribution in [0.2, 0.25) is 0 Å². The normalized spacial score (nSPS) is 11.4. The Balaban J connectivity index is 1.60. The van der Waals surface area contributed by atoms with Gasteiger partial charge in [0.2, 0.25) is 0 Å². The summed E-state index contributed by atoms with van der Waals surface area (Å²) >= 11 is 1.30. The molecule has 0 saturated heterocycles. The van der Waals surface area contributed by atoms with Gasteiger partial charge in [0.05, 0.1) is 16.7 Å². The lowest BCUT2D eigenvalue weighted by atomic mass is 10.1. The molecule has 2 aromatic carbocycles. The van der Waals surface area contributed by atoms with Gasteiger partial charge in [-0.05, 0) is 31.5 Å². The van der Waals surface area contributed by atoms with E-state index in [-0.39, 0.29) is 17.1 Å². The van der Waals surface area contributed by atoms with E-state index in [1.54, 1.807) is 16.8 Å². The predicted octanol–water partition coefficient (Wildman–Crippen LogP) is 4.28. The summed E-state index contributed by atoms with van der Waals surface area (Å²) < 4.78 is 7.07. The van der Waals surface area contributed by atoms with Crippen LogP contribution in [-0.2, 0) is 11.3 Å². The molecule has 30 heavy (non-hydrogen) atoms. The number of nitrogens with one attached hydrogen (secondary N) is 1. The number of hydrogen-bond donors (Lipinski definition) is 1. The van der Waals surface area contributed by atoms with Crippen molar-refractivity contribution in [3.8, 4) is 0 Å². The first-order valence-corrected chi connectivity index (χ1v) is 11.0. The largest absolute Gasteiger partial charge is 0.382 e. The van der Waals surface area contributed by atoms with Crippen LogP contribution in [-0.4, -0.2) is 39.3 Å². The molecule has 154 valence electrons. The molecule has 0 atom stereocenters. The molecule has 0 aliphatic rings. The first-order valence-electron chi connectivity index (χ1n) is 9.98. The number of Topliss-reactive ketones (excluding diaryl/α,β-unsaturated/α-hetero) is 1. The lowest BCUT2D eigenvalue weighted by Gasteiger charge is -2.13. The molecule has 0 amide bonds. The molecule has 0 radical (unpaired) electrons. The number of hydrogen-bond acceptors (Lipinski definition) is 5. The minimum Gasteiger partial charge on any atom is -0.382 e. The molecule has 2 heterocycles. The Kier molecular flexibility index (Phi) is 6.30. The quantitative estimate of drug-likeness (QED) is 0.189. The van der Waals surface area contributed by atoms with Crippen LogP contribution in [0.15, 0.2) is 64.7 Å². The van der Waals surface area contributed by atoms with Crippen molar-refractivity contribution in [3.05, 3.63) is 70.6 Å². The second-order valence-corrected chi connectivity index (χ2v) is 7.82. The summed E-state index contributed by atoms with van der Waals surface area (Å²) in [4.78, 5) is 33.7. The maximum Gasteiger partial charge on any atom is 0.262 e. The fourth-order valence-corrected chi connectivity index (χ4v) is 4.34. The summed E-state index contributed by atoms with van der Waals surface area (Å²) in [7, 11) is 0.